The van der Waals surface area contributed by atoms with Gasteiger partial charge in [-0.15, -0.1) is 0 Å². The van der Waals surface area contributed by atoms with Gasteiger partial charge in [-0.3, -0.25) is 4.79 Å². The van der Waals surface area contributed by atoms with Gasteiger partial charge in [-0.1, -0.05) is 6.08 Å². The standard InChI is InChI=1S/C12H17NO3/c1-12(2,3)16-11(15)13-6-8-4-5-10(14)9(8)7-13/h4-5,8-9H,6-7H2,1-3H3/t8-,9+/m1/s1. The Morgan fingerprint density at radius 3 is 2.69 bits per heavy atom. The van der Waals surface area contributed by atoms with Crippen molar-refractivity contribution in [1.82, 2.24) is 4.90 Å². The Bertz CT molecular complexity index is 354. The number of nitrogens with zero attached hydrogens (tertiary/aromatic N) is 1. The molecule has 0 aromatic carbocycles. The molecule has 2 rings (SSSR count). The predicted molar refractivity (Wildman–Crippen MR) is 58.9 cm³/mol. The summed E-state index contributed by atoms with van der Waals surface area (Å²) in [4.78, 5) is 24.8. The maximum absolute atomic E-state index is 11.8. The van der Waals surface area contributed by atoms with E-state index in [9.17, 15) is 9.59 Å². The molecule has 16 heavy (non-hydrogen) atoms. The number of fused-ring (bicyclic) bond motifs is 1. The van der Waals surface area contributed by atoms with Crippen LogP contribution in [0.15, 0.2) is 12.2 Å². The third-order valence-electron chi connectivity index (χ3n) is 2.89. The molecule has 0 N–H and O–H groups in total. The summed E-state index contributed by atoms with van der Waals surface area (Å²) in [5, 5.41) is 0. The number of likely N-dealkylation sites (tertiary alicyclic amines) is 1. The Balaban J connectivity index is 1.97. The minimum Gasteiger partial charge on any atom is -0.444 e. The van der Waals surface area contributed by atoms with E-state index < -0.39 is 5.60 Å². The van der Waals surface area contributed by atoms with Crippen LogP contribution in [0.3, 0.4) is 0 Å². The van der Waals surface area contributed by atoms with Crippen molar-refractivity contribution >= 4 is 11.9 Å². The van der Waals surface area contributed by atoms with Gasteiger partial charge in [-0.2, -0.15) is 0 Å². The Hall–Kier alpha value is -1.32. The van der Waals surface area contributed by atoms with E-state index in [2.05, 4.69) is 0 Å². The quantitative estimate of drug-likeness (QED) is 0.626. The van der Waals surface area contributed by atoms with Crippen molar-refractivity contribution in [2.45, 2.75) is 26.4 Å². The first kappa shape index (κ1) is 11.2. The molecular formula is C12H17NO3. The summed E-state index contributed by atoms with van der Waals surface area (Å²) in [7, 11) is 0. The molecule has 2 aliphatic rings. The fourth-order valence-electron chi connectivity index (χ4n) is 2.14. The number of allylic oxidation sites excluding steroid dienone is 1. The van der Waals surface area contributed by atoms with Gasteiger partial charge in [0.25, 0.3) is 0 Å². The second kappa shape index (κ2) is 3.61. The highest BCUT2D eigenvalue weighted by atomic mass is 16.6. The van der Waals surface area contributed by atoms with Crippen molar-refractivity contribution in [2.75, 3.05) is 13.1 Å². The lowest BCUT2D eigenvalue weighted by atomic mass is 10.00. The van der Waals surface area contributed by atoms with Crippen molar-refractivity contribution in [2.24, 2.45) is 11.8 Å². The number of hydrogen-bond acceptors (Lipinski definition) is 3. The number of carbonyl (C=O) groups is 2. The van der Waals surface area contributed by atoms with Gasteiger partial charge in [0.05, 0.1) is 0 Å². The first-order valence-corrected chi connectivity index (χ1v) is 5.57. The lowest BCUT2D eigenvalue weighted by molar-refractivity contribution is -0.117. The van der Waals surface area contributed by atoms with Crippen molar-refractivity contribution in [3.8, 4) is 0 Å². The smallest absolute Gasteiger partial charge is 0.410 e. The largest absolute Gasteiger partial charge is 0.444 e. The lowest BCUT2D eigenvalue weighted by Gasteiger charge is -2.24. The van der Waals surface area contributed by atoms with Gasteiger partial charge in [0, 0.05) is 24.9 Å². The molecule has 0 aromatic rings. The van der Waals surface area contributed by atoms with Crippen LogP contribution in [0, 0.1) is 11.8 Å². The normalized spacial score (nSPS) is 28.4. The Kier molecular flexibility index (Phi) is 2.52. The van der Waals surface area contributed by atoms with Crippen LogP contribution in [0.25, 0.3) is 0 Å². The molecule has 0 unspecified atom stereocenters. The van der Waals surface area contributed by atoms with Crippen molar-refractivity contribution in [1.29, 1.82) is 0 Å². The first-order chi connectivity index (χ1) is 7.37. The highest BCUT2D eigenvalue weighted by Crippen LogP contribution is 2.31. The van der Waals surface area contributed by atoms with Gasteiger partial charge in [0.2, 0.25) is 0 Å². The first-order valence-electron chi connectivity index (χ1n) is 5.57. The molecule has 2 atom stereocenters. The van der Waals surface area contributed by atoms with Gasteiger partial charge < -0.3 is 9.64 Å². The molecule has 0 aromatic heterocycles. The summed E-state index contributed by atoms with van der Waals surface area (Å²) in [6.45, 7) is 6.61. The van der Waals surface area contributed by atoms with Crippen LogP contribution in [-0.4, -0.2) is 35.5 Å². The van der Waals surface area contributed by atoms with Gasteiger partial charge in [-0.05, 0) is 26.8 Å². The monoisotopic (exact) mass is 223 g/mol. The fraction of sp³-hybridized carbons (Fsp3) is 0.667. The number of ketones is 1. The van der Waals surface area contributed by atoms with Crippen molar-refractivity contribution < 1.29 is 14.3 Å². The summed E-state index contributed by atoms with van der Waals surface area (Å²) in [5.74, 6) is 0.295. The minimum atomic E-state index is -0.478. The van der Waals surface area contributed by atoms with Crippen molar-refractivity contribution in [3.63, 3.8) is 0 Å². The second-order valence-corrected chi connectivity index (χ2v) is 5.42. The van der Waals surface area contributed by atoms with E-state index in [1.165, 1.54) is 0 Å². The molecule has 0 radical (unpaired) electrons. The number of ether oxygens (including phenoxy) is 1. The maximum Gasteiger partial charge on any atom is 0.410 e. The summed E-state index contributed by atoms with van der Waals surface area (Å²) < 4.78 is 5.27. The van der Waals surface area contributed by atoms with E-state index in [-0.39, 0.29) is 23.7 Å². The van der Waals surface area contributed by atoms with E-state index in [1.54, 1.807) is 11.0 Å². The highest BCUT2D eigenvalue weighted by molar-refractivity contribution is 5.95. The number of hydrogen-bond donors (Lipinski definition) is 0. The van der Waals surface area contributed by atoms with E-state index in [4.69, 9.17) is 4.74 Å². The van der Waals surface area contributed by atoms with Crippen molar-refractivity contribution in [3.05, 3.63) is 12.2 Å². The minimum absolute atomic E-state index is 0.0347. The van der Waals surface area contributed by atoms with Gasteiger partial charge in [0.15, 0.2) is 5.78 Å². The zero-order chi connectivity index (χ0) is 11.9. The van der Waals surface area contributed by atoms with Crippen LogP contribution in [0.2, 0.25) is 0 Å². The zero-order valence-corrected chi connectivity index (χ0v) is 9.90. The van der Waals surface area contributed by atoms with E-state index >= 15 is 0 Å². The van der Waals surface area contributed by atoms with Gasteiger partial charge >= 0.3 is 6.09 Å². The molecule has 88 valence electrons. The predicted octanol–water partition coefficient (Wildman–Crippen LogP) is 1.61. The second-order valence-electron chi connectivity index (χ2n) is 5.42. The van der Waals surface area contributed by atoms with Gasteiger partial charge in [-0.25, -0.2) is 4.79 Å². The lowest BCUT2D eigenvalue weighted by Crippen LogP contribution is -2.36. The van der Waals surface area contributed by atoms with Crippen LogP contribution < -0.4 is 0 Å². The third-order valence-corrected chi connectivity index (χ3v) is 2.89. The van der Waals surface area contributed by atoms with Crippen LogP contribution >= 0.6 is 0 Å². The summed E-state index contributed by atoms with van der Waals surface area (Å²) in [5.41, 5.74) is -0.478. The molecule has 1 heterocycles. The summed E-state index contributed by atoms with van der Waals surface area (Å²) in [6.07, 6.45) is 3.21. The molecular weight excluding hydrogens is 206 g/mol. The van der Waals surface area contributed by atoms with Crippen LogP contribution in [0.4, 0.5) is 4.79 Å². The fourth-order valence-corrected chi connectivity index (χ4v) is 2.14. The van der Waals surface area contributed by atoms with E-state index in [1.807, 2.05) is 26.8 Å². The zero-order valence-electron chi connectivity index (χ0n) is 9.90. The molecule has 1 aliphatic carbocycles. The molecule has 4 heteroatoms. The molecule has 0 spiro atoms. The molecule has 1 aliphatic heterocycles. The topological polar surface area (TPSA) is 46.6 Å². The number of carbonyl (C=O) groups excluding carboxylic acids is 2. The Morgan fingerprint density at radius 1 is 1.44 bits per heavy atom. The van der Waals surface area contributed by atoms with E-state index in [0.29, 0.717) is 13.1 Å². The van der Waals surface area contributed by atoms with Crippen LogP contribution in [-0.2, 0) is 9.53 Å². The molecule has 1 amide bonds. The van der Waals surface area contributed by atoms with Crippen LogP contribution in [0.5, 0.6) is 0 Å². The third kappa shape index (κ3) is 2.10. The average Bonchev–Trinajstić information content (AvgIpc) is 2.65. The van der Waals surface area contributed by atoms with Crippen LogP contribution in [0.1, 0.15) is 20.8 Å². The average molecular weight is 223 g/mol. The highest BCUT2D eigenvalue weighted by Gasteiger charge is 2.41. The number of amides is 1. The molecule has 4 nitrogen and oxygen atoms in total. The summed E-state index contributed by atoms with van der Waals surface area (Å²) in [6, 6.07) is 0. The summed E-state index contributed by atoms with van der Waals surface area (Å²) >= 11 is 0. The molecule has 0 saturated carbocycles. The SMILES string of the molecule is CC(C)(C)OC(=O)N1C[C@H]2C=CC(=O)[C@H]2C1. The number of rotatable bonds is 0. The Labute approximate surface area is 95.2 Å². The van der Waals surface area contributed by atoms with Gasteiger partial charge in [0.1, 0.15) is 5.60 Å². The Morgan fingerprint density at radius 2 is 2.12 bits per heavy atom. The molecule has 1 saturated heterocycles. The maximum atomic E-state index is 11.8. The van der Waals surface area contributed by atoms with E-state index in [0.717, 1.165) is 0 Å². The molecule has 1 fully saturated rings. The molecule has 0 bridgehead atoms.